The van der Waals surface area contributed by atoms with E-state index >= 15 is 0 Å². The Bertz CT molecular complexity index is 648. The predicted octanol–water partition coefficient (Wildman–Crippen LogP) is 4.08. The van der Waals surface area contributed by atoms with Crippen LogP contribution in [0.2, 0.25) is 0 Å². The van der Waals surface area contributed by atoms with Gasteiger partial charge in [0.15, 0.2) is 0 Å². The highest BCUT2D eigenvalue weighted by atomic mass is 32.1. The molecule has 1 saturated heterocycles. The zero-order chi connectivity index (χ0) is 15.0. The maximum absolute atomic E-state index is 10.2. The molecule has 0 saturated carbocycles. The lowest BCUT2D eigenvalue weighted by Gasteiger charge is -2.37. The van der Waals surface area contributed by atoms with Gasteiger partial charge in [0.2, 0.25) is 0 Å². The molecule has 1 N–H and O–H groups in total. The summed E-state index contributed by atoms with van der Waals surface area (Å²) in [5.41, 5.74) is 2.60. The van der Waals surface area contributed by atoms with Crippen LogP contribution in [0.4, 0.5) is 0 Å². The normalized spacial score (nSPS) is 23.2. The number of aliphatic hydroxyl groups is 1. The van der Waals surface area contributed by atoms with Crippen LogP contribution in [0, 0.1) is 6.92 Å². The zero-order valence-electron chi connectivity index (χ0n) is 13.3. The Kier molecular flexibility index (Phi) is 4.08. The maximum atomic E-state index is 10.2. The van der Waals surface area contributed by atoms with Crippen LogP contribution in [0.1, 0.15) is 42.7 Å². The van der Waals surface area contributed by atoms with Crippen LogP contribution in [0.15, 0.2) is 18.2 Å². The molecule has 0 radical (unpaired) electrons. The van der Waals surface area contributed by atoms with E-state index in [-0.39, 0.29) is 12.1 Å². The maximum Gasteiger partial charge on any atom is 0.0708 e. The molecule has 21 heavy (non-hydrogen) atoms. The van der Waals surface area contributed by atoms with E-state index in [9.17, 15) is 5.11 Å². The van der Waals surface area contributed by atoms with Crippen LogP contribution in [-0.2, 0) is 12.0 Å². The van der Waals surface area contributed by atoms with E-state index in [0.717, 1.165) is 25.9 Å². The number of hydrogen-bond acceptors (Lipinski definition) is 3. The molecule has 1 aromatic carbocycles. The Balaban J connectivity index is 2.24. The summed E-state index contributed by atoms with van der Waals surface area (Å²) >= 11 is 1.93. The summed E-state index contributed by atoms with van der Waals surface area (Å²) in [4.78, 5) is 3.94. The molecule has 1 aromatic heterocycles. The summed E-state index contributed by atoms with van der Waals surface area (Å²) < 4.78 is 1.39. The molecule has 1 fully saturated rings. The Labute approximate surface area is 131 Å². The summed E-state index contributed by atoms with van der Waals surface area (Å²) in [5, 5.41) is 11.6. The Morgan fingerprint density at radius 1 is 1.33 bits per heavy atom. The number of benzene rings is 1. The quantitative estimate of drug-likeness (QED) is 0.920. The molecule has 3 heteroatoms. The smallest absolute Gasteiger partial charge is 0.0708 e. The lowest BCUT2D eigenvalue weighted by atomic mass is 9.87. The van der Waals surface area contributed by atoms with Crippen molar-refractivity contribution in [3.63, 3.8) is 0 Å². The van der Waals surface area contributed by atoms with E-state index in [1.807, 2.05) is 11.3 Å². The van der Waals surface area contributed by atoms with Gasteiger partial charge in [-0.15, -0.1) is 11.3 Å². The molecule has 2 nitrogen and oxygen atoms in total. The lowest BCUT2D eigenvalue weighted by molar-refractivity contribution is 0.0673. The second-order valence-corrected chi connectivity index (χ2v) is 7.16. The minimum absolute atomic E-state index is 0.170. The van der Waals surface area contributed by atoms with Crippen molar-refractivity contribution < 1.29 is 5.11 Å². The molecule has 2 aromatic rings. The minimum atomic E-state index is -0.170. The third-order valence-electron chi connectivity index (χ3n) is 5.15. The molecule has 1 aliphatic rings. The van der Waals surface area contributed by atoms with Crippen LogP contribution in [0.3, 0.4) is 0 Å². The van der Waals surface area contributed by atoms with Crippen molar-refractivity contribution in [1.82, 2.24) is 4.90 Å². The Morgan fingerprint density at radius 3 is 2.81 bits per heavy atom. The van der Waals surface area contributed by atoms with Gasteiger partial charge in [-0.2, -0.15) is 0 Å². The molecule has 114 valence electrons. The molecule has 1 aliphatic heterocycles. The number of likely N-dealkylation sites (tertiary alicyclic amines) is 1. The second kappa shape index (κ2) is 5.71. The van der Waals surface area contributed by atoms with Gasteiger partial charge in [-0.3, -0.25) is 4.90 Å². The van der Waals surface area contributed by atoms with Crippen molar-refractivity contribution in [2.24, 2.45) is 0 Å². The first-order valence-electron chi connectivity index (χ1n) is 8.05. The van der Waals surface area contributed by atoms with Gasteiger partial charge in [-0.05, 0) is 55.8 Å². The van der Waals surface area contributed by atoms with Crippen molar-refractivity contribution in [3.8, 4) is 0 Å². The highest BCUT2D eigenvalue weighted by Crippen LogP contribution is 2.44. The van der Waals surface area contributed by atoms with Gasteiger partial charge < -0.3 is 5.11 Å². The van der Waals surface area contributed by atoms with Crippen LogP contribution in [-0.4, -0.2) is 29.7 Å². The average molecular weight is 303 g/mol. The third kappa shape index (κ3) is 2.14. The van der Waals surface area contributed by atoms with Gasteiger partial charge >= 0.3 is 0 Å². The van der Waals surface area contributed by atoms with E-state index in [2.05, 4.69) is 43.9 Å². The number of aliphatic hydroxyl groups excluding tert-OH is 1. The lowest BCUT2D eigenvalue weighted by Crippen LogP contribution is -2.44. The van der Waals surface area contributed by atoms with Crippen LogP contribution in [0.25, 0.3) is 10.1 Å². The van der Waals surface area contributed by atoms with Gasteiger partial charge in [-0.1, -0.05) is 32.0 Å². The monoisotopic (exact) mass is 303 g/mol. The number of nitrogens with zero attached hydrogens (tertiary/aromatic N) is 1. The molecule has 0 spiro atoms. The number of likely N-dealkylation sites (N-methyl/N-ethyl adjacent to an activating group) is 1. The summed E-state index contributed by atoms with van der Waals surface area (Å²) in [5.74, 6) is 0. The highest BCUT2D eigenvalue weighted by Gasteiger charge is 2.42. The zero-order valence-corrected chi connectivity index (χ0v) is 14.1. The first kappa shape index (κ1) is 15.0. The number of aryl methyl sites for hydroxylation is 2. The first-order valence-corrected chi connectivity index (χ1v) is 8.87. The first-order chi connectivity index (χ1) is 10.2. The molecule has 1 unspecified atom stereocenters. The predicted molar refractivity (Wildman–Crippen MR) is 91.2 cm³/mol. The average Bonchev–Trinajstić information content (AvgIpc) is 3.08. The molecule has 1 atom stereocenters. The van der Waals surface area contributed by atoms with Crippen LogP contribution >= 0.6 is 11.3 Å². The van der Waals surface area contributed by atoms with Gasteiger partial charge in [0, 0.05) is 9.58 Å². The van der Waals surface area contributed by atoms with Gasteiger partial charge in [0.1, 0.15) is 0 Å². The molecule has 0 aliphatic carbocycles. The summed E-state index contributed by atoms with van der Waals surface area (Å²) in [6.45, 7) is 8.98. The van der Waals surface area contributed by atoms with E-state index in [1.54, 1.807) is 0 Å². The van der Waals surface area contributed by atoms with Gasteiger partial charge in [-0.25, -0.2) is 0 Å². The third-order valence-corrected chi connectivity index (χ3v) is 6.64. The van der Waals surface area contributed by atoms with Gasteiger partial charge in [0.05, 0.1) is 12.1 Å². The highest BCUT2D eigenvalue weighted by molar-refractivity contribution is 7.19. The SMILES string of the molecule is CCc1sc2c(C3(CO)CCCN3CC)cccc2c1C. The molecule has 3 rings (SSSR count). The van der Waals surface area contributed by atoms with E-state index in [4.69, 9.17) is 0 Å². The fourth-order valence-electron chi connectivity index (χ4n) is 3.96. The number of thiophene rings is 1. The molecule has 0 amide bonds. The minimum Gasteiger partial charge on any atom is -0.394 e. The molecular formula is C18H25NOS. The fraction of sp³-hybridized carbons (Fsp3) is 0.556. The Hall–Kier alpha value is -0.900. The van der Waals surface area contributed by atoms with Crippen molar-refractivity contribution >= 4 is 21.4 Å². The number of fused-ring (bicyclic) bond motifs is 1. The van der Waals surface area contributed by atoms with Crippen molar-refractivity contribution in [2.75, 3.05) is 19.7 Å². The summed E-state index contributed by atoms with van der Waals surface area (Å²) in [7, 11) is 0. The van der Waals surface area contributed by atoms with Gasteiger partial charge in [0.25, 0.3) is 0 Å². The largest absolute Gasteiger partial charge is 0.394 e. The molecule has 2 heterocycles. The summed E-state index contributed by atoms with van der Waals surface area (Å²) in [6.07, 6.45) is 3.33. The standard InChI is InChI=1S/C18H25NOS/c1-4-16-13(3)14-8-6-9-15(17(14)21-16)18(12-20)10-7-11-19(18)5-2/h6,8-9,20H,4-5,7,10-12H2,1-3H3. The van der Waals surface area contributed by atoms with Crippen LogP contribution in [0.5, 0.6) is 0 Å². The van der Waals surface area contributed by atoms with E-state index in [0.29, 0.717) is 0 Å². The summed E-state index contributed by atoms with van der Waals surface area (Å²) in [6, 6.07) is 6.64. The molecule has 0 bridgehead atoms. The Morgan fingerprint density at radius 2 is 2.14 bits per heavy atom. The van der Waals surface area contributed by atoms with E-state index < -0.39 is 0 Å². The fourth-order valence-corrected chi connectivity index (χ4v) is 5.31. The van der Waals surface area contributed by atoms with E-state index in [1.165, 1.54) is 32.5 Å². The number of rotatable bonds is 4. The van der Waals surface area contributed by atoms with Crippen molar-refractivity contribution in [1.29, 1.82) is 0 Å². The number of hydrogen-bond donors (Lipinski definition) is 1. The second-order valence-electron chi connectivity index (χ2n) is 6.06. The topological polar surface area (TPSA) is 23.5 Å². The van der Waals surface area contributed by atoms with Crippen molar-refractivity contribution in [2.45, 2.75) is 45.6 Å². The van der Waals surface area contributed by atoms with Crippen molar-refractivity contribution in [3.05, 3.63) is 34.2 Å². The van der Waals surface area contributed by atoms with Crippen LogP contribution < -0.4 is 0 Å². The molecular weight excluding hydrogens is 278 g/mol.